The number of hydrogen-bond acceptors (Lipinski definition) is 5. The van der Waals surface area contributed by atoms with Crippen molar-refractivity contribution in [2.75, 3.05) is 41.0 Å². The van der Waals surface area contributed by atoms with Crippen molar-refractivity contribution in [2.45, 2.75) is 38.3 Å². The fourth-order valence-corrected chi connectivity index (χ4v) is 4.50. The Morgan fingerprint density at radius 1 is 1.36 bits per heavy atom. The van der Waals surface area contributed by atoms with Crippen molar-refractivity contribution in [3.05, 3.63) is 0 Å². The molecule has 1 rings (SSSR count). The number of carboxylic acid groups (broad SMARTS) is 1. The van der Waals surface area contributed by atoms with Gasteiger partial charge in [-0.2, -0.15) is 0 Å². The second-order valence-electron chi connectivity index (χ2n) is 5.40. The lowest BCUT2D eigenvalue weighted by atomic mass is 10.2. The zero-order valence-corrected chi connectivity index (χ0v) is 15.1. The molecule has 1 heterocycles. The van der Waals surface area contributed by atoms with E-state index in [4.69, 9.17) is 13.3 Å². The molecule has 0 amide bonds. The van der Waals surface area contributed by atoms with E-state index in [9.17, 15) is 9.90 Å². The summed E-state index contributed by atoms with van der Waals surface area (Å²) in [5.41, 5.74) is 0. The molecule has 0 aromatic heterocycles. The Hall–Kier alpha value is -0.963. The molecule has 1 aliphatic heterocycles. The lowest BCUT2D eigenvalue weighted by Crippen LogP contribution is -2.45. The van der Waals surface area contributed by atoms with Crippen LogP contribution in [0.25, 0.3) is 0 Å². The van der Waals surface area contributed by atoms with E-state index >= 15 is 0 Å². The van der Waals surface area contributed by atoms with E-state index in [-0.39, 0.29) is 0 Å². The second-order valence-corrected chi connectivity index (χ2v) is 8.49. The van der Waals surface area contributed by atoms with Crippen molar-refractivity contribution in [3.8, 4) is 0 Å². The van der Waals surface area contributed by atoms with Gasteiger partial charge in [-0.15, -0.1) is 0 Å². The first kappa shape index (κ1) is 19.1. The van der Waals surface area contributed by atoms with Gasteiger partial charge in [0.15, 0.2) is 6.04 Å². The zero-order chi connectivity index (χ0) is 16.6. The molecule has 1 N–H and O–H groups in total. The predicted octanol–water partition coefficient (Wildman–Crippen LogP) is 0.864. The number of rotatable bonds is 10. The first-order chi connectivity index (χ1) is 10.5. The molecule has 1 aliphatic rings. The molecule has 0 aromatic carbocycles. The van der Waals surface area contributed by atoms with Gasteiger partial charge >= 0.3 is 14.8 Å². The maximum absolute atomic E-state index is 11.3. The highest BCUT2D eigenvalue weighted by molar-refractivity contribution is 6.60. The van der Waals surface area contributed by atoms with Gasteiger partial charge in [-0.05, 0) is 12.8 Å². The Morgan fingerprint density at radius 2 is 2.00 bits per heavy atom. The number of aliphatic carboxylic acids is 1. The molecule has 0 aromatic rings. The van der Waals surface area contributed by atoms with Crippen molar-refractivity contribution in [1.29, 1.82) is 0 Å². The number of carboxylic acids is 1. The van der Waals surface area contributed by atoms with Crippen LogP contribution in [0.2, 0.25) is 6.04 Å². The zero-order valence-electron chi connectivity index (χ0n) is 14.1. The topological polar surface area (TPSA) is 71.2 Å². The molecule has 22 heavy (non-hydrogen) atoms. The highest BCUT2D eigenvalue weighted by atomic mass is 28.4. The molecule has 0 spiro atoms. The second kappa shape index (κ2) is 9.24. The van der Waals surface area contributed by atoms with Crippen LogP contribution < -0.4 is 0 Å². The van der Waals surface area contributed by atoms with Gasteiger partial charge in [0.25, 0.3) is 0 Å². The van der Waals surface area contributed by atoms with E-state index in [1.54, 1.807) is 21.3 Å². The van der Waals surface area contributed by atoms with E-state index in [1.165, 1.54) is 0 Å². The Kier molecular flexibility index (Phi) is 8.01. The average molecular weight is 333 g/mol. The van der Waals surface area contributed by atoms with E-state index < -0.39 is 20.8 Å². The smallest absolute Gasteiger partial charge is 0.478 e. The minimum Gasteiger partial charge on any atom is -0.478 e. The molecule has 8 heteroatoms. The predicted molar refractivity (Wildman–Crippen MR) is 85.3 cm³/mol. The Bertz CT molecular complexity index is 379. The molecule has 0 fully saturated rings. The summed E-state index contributed by atoms with van der Waals surface area (Å²) in [6.45, 7) is 4.50. The third kappa shape index (κ3) is 5.05. The van der Waals surface area contributed by atoms with Crippen LogP contribution in [0, 0.1) is 0 Å². The third-order valence-corrected chi connectivity index (χ3v) is 6.94. The molecule has 0 radical (unpaired) electrons. The molecule has 1 atom stereocenters. The van der Waals surface area contributed by atoms with E-state index in [0.717, 1.165) is 38.5 Å². The van der Waals surface area contributed by atoms with Crippen LogP contribution in [0.4, 0.5) is 0 Å². The molecule has 0 saturated carbocycles. The summed E-state index contributed by atoms with van der Waals surface area (Å²) in [5, 5.41) is 9.27. The van der Waals surface area contributed by atoms with Crippen LogP contribution in [0.15, 0.2) is 0 Å². The molecule has 128 valence electrons. The van der Waals surface area contributed by atoms with Crippen molar-refractivity contribution >= 4 is 21.1 Å². The van der Waals surface area contributed by atoms with Gasteiger partial charge < -0.3 is 18.4 Å². The molecule has 0 aliphatic carbocycles. The van der Waals surface area contributed by atoms with Gasteiger partial charge in [-0.25, -0.2) is 4.79 Å². The first-order valence-corrected chi connectivity index (χ1v) is 9.68. The summed E-state index contributed by atoms with van der Waals surface area (Å²) in [5.74, 6) is -0.759. The molecular formula is C14H29N2O5Si+. The van der Waals surface area contributed by atoms with Gasteiger partial charge in [-0.3, -0.25) is 9.48 Å². The van der Waals surface area contributed by atoms with Crippen molar-refractivity contribution in [2.24, 2.45) is 0 Å². The van der Waals surface area contributed by atoms with Crippen LogP contribution in [-0.2, 0) is 18.1 Å². The van der Waals surface area contributed by atoms with Gasteiger partial charge in [0.05, 0.1) is 19.6 Å². The van der Waals surface area contributed by atoms with Crippen molar-refractivity contribution in [3.63, 3.8) is 0 Å². The molecule has 0 saturated heterocycles. The Balaban J connectivity index is 2.57. The third-order valence-electron chi connectivity index (χ3n) is 4.11. The van der Waals surface area contributed by atoms with Gasteiger partial charge in [0, 0.05) is 33.8 Å². The largest absolute Gasteiger partial charge is 0.500 e. The van der Waals surface area contributed by atoms with Crippen LogP contribution in [0.5, 0.6) is 0 Å². The first-order valence-electron chi connectivity index (χ1n) is 7.75. The Morgan fingerprint density at radius 3 is 2.50 bits per heavy atom. The summed E-state index contributed by atoms with van der Waals surface area (Å²) < 4.78 is 18.2. The molecule has 7 nitrogen and oxygen atoms in total. The molecular weight excluding hydrogens is 304 g/mol. The summed E-state index contributed by atoms with van der Waals surface area (Å²) >= 11 is 0. The standard InChI is InChI=1S/C14H28N2O5Si/c1-5-13(14(17)18)16-10-6-8-15(12-16)9-7-11-22(19-2,20-3)21-4/h12-13H,5-11H2,1-4H3/p+1. The van der Waals surface area contributed by atoms with Crippen molar-refractivity contribution in [1.82, 2.24) is 4.90 Å². The highest BCUT2D eigenvalue weighted by Gasteiger charge is 2.37. The van der Waals surface area contributed by atoms with Gasteiger partial charge in [0.1, 0.15) is 0 Å². The van der Waals surface area contributed by atoms with Crippen molar-refractivity contribution < 1.29 is 27.8 Å². The number of carbonyl (C=O) groups is 1. The number of hydrogen-bond donors (Lipinski definition) is 1. The maximum Gasteiger partial charge on any atom is 0.500 e. The Labute approximate surface area is 133 Å². The molecule has 0 bridgehead atoms. The monoisotopic (exact) mass is 333 g/mol. The highest BCUT2D eigenvalue weighted by Crippen LogP contribution is 2.15. The van der Waals surface area contributed by atoms with Crippen LogP contribution in [-0.4, -0.2) is 82.7 Å². The van der Waals surface area contributed by atoms with E-state index in [1.807, 2.05) is 17.8 Å². The van der Waals surface area contributed by atoms with E-state index in [2.05, 4.69) is 4.90 Å². The minimum absolute atomic E-state index is 0.437. The lowest BCUT2D eigenvalue weighted by molar-refractivity contribution is -0.559. The average Bonchev–Trinajstić information content (AvgIpc) is 2.53. The number of nitrogens with zero attached hydrogens (tertiary/aromatic N) is 2. The summed E-state index contributed by atoms with van der Waals surface area (Å²) in [6.07, 6.45) is 4.42. The summed E-state index contributed by atoms with van der Waals surface area (Å²) in [7, 11) is 2.34. The molecule has 1 unspecified atom stereocenters. The van der Waals surface area contributed by atoms with E-state index in [0.29, 0.717) is 6.42 Å². The normalized spacial score (nSPS) is 17.3. The summed E-state index contributed by atoms with van der Waals surface area (Å²) in [6, 6.07) is 0.310. The minimum atomic E-state index is -2.51. The maximum atomic E-state index is 11.3. The van der Waals surface area contributed by atoms with Gasteiger partial charge in [0.2, 0.25) is 6.34 Å². The quantitative estimate of drug-likeness (QED) is 0.472. The fourth-order valence-electron chi connectivity index (χ4n) is 2.79. The fraction of sp³-hybridized carbons (Fsp3) is 0.857. The van der Waals surface area contributed by atoms with Crippen LogP contribution >= 0.6 is 0 Å². The summed E-state index contributed by atoms with van der Waals surface area (Å²) in [4.78, 5) is 13.5. The van der Waals surface area contributed by atoms with Crippen LogP contribution in [0.3, 0.4) is 0 Å². The SMILES string of the molecule is CCC(C(=O)O)[N+]1=CN(CCC[Si](OC)(OC)OC)CCC1. The lowest BCUT2D eigenvalue weighted by Gasteiger charge is -2.26. The van der Waals surface area contributed by atoms with Gasteiger partial charge in [-0.1, -0.05) is 6.92 Å². The van der Waals surface area contributed by atoms with Crippen LogP contribution in [0.1, 0.15) is 26.2 Å².